The number of carbonyl (C=O) groups is 2. The lowest BCUT2D eigenvalue weighted by Gasteiger charge is -2.40. The molecule has 0 fully saturated rings. The van der Waals surface area contributed by atoms with Crippen molar-refractivity contribution in [3.63, 3.8) is 0 Å². The summed E-state index contributed by atoms with van der Waals surface area (Å²) in [5.74, 6) is -1.11. The molecule has 27 heavy (non-hydrogen) atoms. The number of fused-ring (bicyclic) bond motifs is 1. The second-order valence-electron chi connectivity index (χ2n) is 5.85. The van der Waals surface area contributed by atoms with Crippen LogP contribution in [0, 0.1) is 0 Å². The van der Waals surface area contributed by atoms with Crippen molar-refractivity contribution in [2.24, 2.45) is 0 Å². The maximum atomic E-state index is 13.8. The Kier molecular flexibility index (Phi) is 6.98. The normalized spacial score (nSPS) is 20.0. The van der Waals surface area contributed by atoms with Crippen molar-refractivity contribution in [1.82, 2.24) is 0 Å². The molecule has 0 amide bonds. The van der Waals surface area contributed by atoms with Gasteiger partial charge in [0.2, 0.25) is 5.16 Å². The first-order valence-corrected chi connectivity index (χ1v) is 10.5. The van der Waals surface area contributed by atoms with Crippen LogP contribution in [0.2, 0.25) is 0 Å². The van der Waals surface area contributed by atoms with Crippen LogP contribution in [0.5, 0.6) is 5.75 Å². The Morgan fingerprint density at radius 1 is 1.22 bits per heavy atom. The number of benzene rings is 1. The van der Waals surface area contributed by atoms with Gasteiger partial charge in [0.15, 0.2) is 0 Å². The van der Waals surface area contributed by atoms with Crippen LogP contribution in [0.15, 0.2) is 36.1 Å². The van der Waals surface area contributed by atoms with Crippen molar-refractivity contribution < 1.29 is 32.7 Å². The van der Waals surface area contributed by atoms with Crippen LogP contribution < -0.4 is 4.74 Å². The number of rotatable bonds is 8. The Morgan fingerprint density at radius 3 is 2.41 bits per heavy atom. The average molecular weight is 396 g/mol. The Bertz CT molecular complexity index is 776. The smallest absolute Gasteiger partial charge is 0.356 e. The minimum Gasteiger partial charge on any atom is -0.429 e. The molecule has 1 aliphatic rings. The molecule has 2 rings (SSSR count). The van der Waals surface area contributed by atoms with E-state index >= 15 is 0 Å². The number of allylic oxidation sites excluding steroid dienone is 1. The van der Waals surface area contributed by atoms with E-state index < -0.39 is 24.7 Å². The molecule has 0 saturated carbocycles. The van der Waals surface area contributed by atoms with Gasteiger partial charge in [-0.1, -0.05) is 25.1 Å². The highest BCUT2D eigenvalue weighted by molar-refractivity contribution is 7.57. The molecular weight excluding hydrogens is 371 g/mol. The number of carbonyl (C=O) groups excluding carboxylic acids is 2. The summed E-state index contributed by atoms with van der Waals surface area (Å²) in [5, 5.41) is -1.90. The van der Waals surface area contributed by atoms with Crippen LogP contribution in [0.25, 0.3) is 0 Å². The van der Waals surface area contributed by atoms with Gasteiger partial charge in [0.05, 0.1) is 13.2 Å². The summed E-state index contributed by atoms with van der Waals surface area (Å²) < 4.78 is 35.7. The van der Waals surface area contributed by atoms with Crippen LogP contribution in [0.4, 0.5) is 0 Å². The molecule has 1 aliphatic heterocycles. The topological polar surface area (TPSA) is 88.1 Å². The van der Waals surface area contributed by atoms with Crippen LogP contribution in [-0.2, 0) is 34.4 Å². The van der Waals surface area contributed by atoms with E-state index in [-0.39, 0.29) is 31.8 Å². The van der Waals surface area contributed by atoms with Crippen LogP contribution in [0.1, 0.15) is 39.7 Å². The van der Waals surface area contributed by atoms with E-state index in [0.29, 0.717) is 11.3 Å². The molecule has 148 valence electrons. The molecule has 1 heterocycles. The van der Waals surface area contributed by atoms with Gasteiger partial charge in [-0.3, -0.25) is 9.36 Å². The quantitative estimate of drug-likeness (QED) is 0.284. The molecule has 1 unspecified atom stereocenters. The third-order valence-electron chi connectivity index (χ3n) is 4.21. The van der Waals surface area contributed by atoms with Crippen molar-refractivity contribution in [2.45, 2.75) is 45.7 Å². The van der Waals surface area contributed by atoms with Gasteiger partial charge in [-0.2, -0.15) is 0 Å². The molecule has 0 aromatic heterocycles. The van der Waals surface area contributed by atoms with Crippen LogP contribution in [-0.4, -0.2) is 30.3 Å². The van der Waals surface area contributed by atoms with Gasteiger partial charge in [-0.25, -0.2) is 4.79 Å². The first-order chi connectivity index (χ1) is 12.9. The number of hydrogen-bond acceptors (Lipinski definition) is 7. The van der Waals surface area contributed by atoms with Gasteiger partial charge < -0.3 is 18.5 Å². The third-order valence-corrected chi connectivity index (χ3v) is 6.90. The Labute approximate surface area is 159 Å². The van der Waals surface area contributed by atoms with Gasteiger partial charge in [0.25, 0.3) is 0 Å². The van der Waals surface area contributed by atoms with Gasteiger partial charge in [-0.05, 0) is 38.5 Å². The average Bonchev–Trinajstić information content (AvgIpc) is 2.65. The second-order valence-corrected chi connectivity index (χ2v) is 8.12. The predicted octanol–water partition coefficient (Wildman–Crippen LogP) is 4.01. The lowest BCUT2D eigenvalue weighted by atomic mass is 9.93. The summed E-state index contributed by atoms with van der Waals surface area (Å²) in [4.78, 5) is 25.1. The summed E-state index contributed by atoms with van der Waals surface area (Å²) in [7, 11) is -4.10. The molecule has 1 atom stereocenters. The summed E-state index contributed by atoms with van der Waals surface area (Å²) in [6, 6.07) is 6.92. The zero-order valence-corrected chi connectivity index (χ0v) is 16.9. The minimum atomic E-state index is -4.10. The van der Waals surface area contributed by atoms with E-state index in [1.54, 1.807) is 52.0 Å². The van der Waals surface area contributed by atoms with Crippen LogP contribution in [0.3, 0.4) is 0 Å². The highest BCUT2D eigenvalue weighted by Gasteiger charge is 2.64. The second kappa shape index (κ2) is 8.83. The Morgan fingerprint density at radius 2 is 1.85 bits per heavy atom. The standard InChI is InChI=1S/C19H25O7P/c1-5-16(26-17(20)6-2)19(27(22,23-7-3)24-8-4)13-14-11-9-10-12-15(14)25-18(19)21/h5,9-12H,6-8,13H2,1-4H3/b16-5+. The van der Waals surface area contributed by atoms with E-state index in [4.69, 9.17) is 18.5 Å². The lowest BCUT2D eigenvalue weighted by molar-refractivity contribution is -0.144. The zero-order chi connectivity index (χ0) is 20.1. The Balaban J connectivity index is 2.70. The highest BCUT2D eigenvalue weighted by atomic mass is 31.2. The van der Waals surface area contributed by atoms with E-state index in [1.165, 1.54) is 6.08 Å². The number of ether oxygens (including phenoxy) is 2. The van der Waals surface area contributed by atoms with Gasteiger partial charge >= 0.3 is 19.5 Å². The summed E-state index contributed by atoms with van der Waals surface area (Å²) in [5.41, 5.74) is 0.642. The van der Waals surface area contributed by atoms with Crippen molar-refractivity contribution in [3.8, 4) is 5.75 Å². The van der Waals surface area contributed by atoms with Gasteiger partial charge in [0, 0.05) is 12.8 Å². The minimum absolute atomic E-state index is 0.0318. The van der Waals surface area contributed by atoms with Crippen LogP contribution >= 0.6 is 7.60 Å². The Hall–Kier alpha value is -1.95. The highest BCUT2D eigenvalue weighted by Crippen LogP contribution is 2.66. The molecule has 1 aromatic rings. The number of esters is 2. The van der Waals surface area contributed by atoms with E-state index in [2.05, 4.69) is 0 Å². The lowest BCUT2D eigenvalue weighted by Crippen LogP contribution is -2.50. The first kappa shape index (κ1) is 21.4. The molecule has 0 aliphatic carbocycles. The molecular formula is C19H25O7P. The van der Waals surface area contributed by atoms with Crippen molar-refractivity contribution in [3.05, 3.63) is 41.7 Å². The van der Waals surface area contributed by atoms with Crippen molar-refractivity contribution in [1.29, 1.82) is 0 Å². The molecule has 7 nitrogen and oxygen atoms in total. The monoisotopic (exact) mass is 396 g/mol. The van der Waals surface area contributed by atoms with E-state index in [1.807, 2.05) is 0 Å². The van der Waals surface area contributed by atoms with E-state index in [0.717, 1.165) is 0 Å². The summed E-state index contributed by atoms with van der Waals surface area (Å²) in [6.45, 7) is 6.61. The summed E-state index contributed by atoms with van der Waals surface area (Å²) in [6.07, 6.45) is 1.50. The molecule has 0 spiro atoms. The fraction of sp³-hybridized carbons (Fsp3) is 0.474. The van der Waals surface area contributed by atoms with Gasteiger partial charge in [0.1, 0.15) is 11.5 Å². The third kappa shape index (κ3) is 3.86. The van der Waals surface area contributed by atoms with Crippen molar-refractivity contribution >= 4 is 19.5 Å². The number of hydrogen-bond donors (Lipinski definition) is 0. The largest absolute Gasteiger partial charge is 0.429 e. The molecule has 0 radical (unpaired) electrons. The first-order valence-electron chi connectivity index (χ1n) is 8.95. The predicted molar refractivity (Wildman–Crippen MR) is 99.5 cm³/mol. The molecule has 1 aromatic carbocycles. The van der Waals surface area contributed by atoms with E-state index in [9.17, 15) is 14.2 Å². The number of para-hydroxylation sites is 1. The molecule has 0 bridgehead atoms. The maximum absolute atomic E-state index is 13.8. The maximum Gasteiger partial charge on any atom is 0.356 e. The molecule has 8 heteroatoms. The zero-order valence-electron chi connectivity index (χ0n) is 16.0. The van der Waals surface area contributed by atoms with Gasteiger partial charge in [-0.15, -0.1) is 0 Å². The summed E-state index contributed by atoms with van der Waals surface area (Å²) >= 11 is 0. The SMILES string of the molecule is C/C=C(/OC(=O)CC)C1(P(=O)(OCC)OCC)Cc2ccccc2OC1=O. The fourth-order valence-corrected chi connectivity index (χ4v) is 5.26. The molecule has 0 saturated heterocycles. The fourth-order valence-electron chi connectivity index (χ4n) is 2.99. The molecule has 0 N–H and O–H groups in total. The van der Waals surface area contributed by atoms with Crippen molar-refractivity contribution in [2.75, 3.05) is 13.2 Å².